The molecular weight excluding hydrogens is 153 g/mol. The van der Waals surface area contributed by atoms with Crippen molar-refractivity contribution in [2.75, 3.05) is 0 Å². The molecule has 3 fully saturated rings. The van der Waals surface area contributed by atoms with Gasteiger partial charge in [-0.15, -0.1) is 0 Å². The Kier molecular flexibility index (Phi) is 1.18. The molecule has 64 valence electrons. The zero-order valence-electron chi connectivity index (χ0n) is 6.41. The number of halogens is 3. The molecule has 0 aromatic heterocycles. The summed E-state index contributed by atoms with van der Waals surface area (Å²) in [6.07, 6.45) is -2.76. The number of hydrogen-bond donors (Lipinski definition) is 0. The van der Waals surface area contributed by atoms with Gasteiger partial charge in [0, 0.05) is 0 Å². The smallest absolute Gasteiger partial charge is 0.171 e. The van der Waals surface area contributed by atoms with Crippen LogP contribution in [-0.4, -0.2) is 6.18 Å². The van der Waals surface area contributed by atoms with E-state index in [0.29, 0.717) is 31.1 Å². The third kappa shape index (κ3) is 0.769. The molecule has 0 heterocycles. The van der Waals surface area contributed by atoms with E-state index in [-0.39, 0.29) is 0 Å². The highest BCUT2D eigenvalue weighted by atomic mass is 19.4. The number of alkyl halides is 3. The van der Waals surface area contributed by atoms with Gasteiger partial charge < -0.3 is 0 Å². The van der Waals surface area contributed by atoms with E-state index in [4.69, 9.17) is 0 Å². The maximum absolute atomic E-state index is 12.4. The lowest BCUT2D eigenvalue weighted by molar-refractivity contribution is -0.244. The number of fused-ring (bicyclic) bond motifs is 1. The van der Waals surface area contributed by atoms with Crippen LogP contribution >= 0.6 is 0 Å². The Labute approximate surface area is 63.8 Å². The molecule has 3 aliphatic carbocycles. The van der Waals surface area contributed by atoms with Crippen molar-refractivity contribution in [3.05, 3.63) is 0 Å². The van der Waals surface area contributed by atoms with Gasteiger partial charge in [-0.25, -0.2) is 0 Å². The maximum Gasteiger partial charge on any atom is 0.394 e. The predicted molar refractivity (Wildman–Crippen MR) is 35.0 cm³/mol. The summed E-state index contributed by atoms with van der Waals surface area (Å²) < 4.78 is 37.1. The minimum Gasteiger partial charge on any atom is -0.171 e. The first kappa shape index (κ1) is 7.44. The molecule has 1 unspecified atom stereocenters. The average molecular weight is 164 g/mol. The normalized spacial score (nSPS) is 49.1. The Bertz CT molecular complexity index is 176. The molecule has 3 rings (SSSR count). The largest absolute Gasteiger partial charge is 0.394 e. The van der Waals surface area contributed by atoms with E-state index in [1.807, 2.05) is 6.92 Å². The Hall–Kier alpha value is -0.210. The van der Waals surface area contributed by atoms with Gasteiger partial charge >= 0.3 is 6.18 Å². The van der Waals surface area contributed by atoms with Crippen molar-refractivity contribution in [1.29, 1.82) is 0 Å². The molecule has 3 heteroatoms. The van der Waals surface area contributed by atoms with Gasteiger partial charge in [0.25, 0.3) is 0 Å². The van der Waals surface area contributed by atoms with Crippen molar-refractivity contribution < 1.29 is 13.2 Å². The SMILES string of the molecule is CC1CC2(C(F)(F)F)CC1C2. The van der Waals surface area contributed by atoms with E-state index in [1.54, 1.807) is 0 Å². The molecule has 2 bridgehead atoms. The minimum absolute atomic E-state index is 0.302. The van der Waals surface area contributed by atoms with Crippen LogP contribution in [0.4, 0.5) is 13.2 Å². The fourth-order valence-corrected chi connectivity index (χ4v) is 2.64. The Balaban J connectivity index is 2.18. The fraction of sp³-hybridized carbons (Fsp3) is 1.00. The molecule has 0 aromatic carbocycles. The lowest BCUT2D eigenvalue weighted by atomic mass is 9.69. The molecule has 3 saturated carbocycles. The molecule has 0 aromatic rings. The first-order valence-electron chi connectivity index (χ1n) is 4.01. The monoisotopic (exact) mass is 164 g/mol. The summed E-state index contributed by atoms with van der Waals surface area (Å²) in [7, 11) is 0. The molecule has 1 atom stereocenters. The lowest BCUT2D eigenvalue weighted by Gasteiger charge is -2.39. The van der Waals surface area contributed by atoms with E-state index in [0.717, 1.165) is 0 Å². The van der Waals surface area contributed by atoms with Crippen LogP contribution in [0, 0.1) is 17.3 Å². The second-order valence-electron chi connectivity index (χ2n) is 4.13. The van der Waals surface area contributed by atoms with E-state index in [1.165, 1.54) is 0 Å². The van der Waals surface area contributed by atoms with Crippen LogP contribution in [0.25, 0.3) is 0 Å². The average Bonchev–Trinajstić information content (AvgIpc) is 2.13. The summed E-state index contributed by atoms with van der Waals surface area (Å²) in [6, 6.07) is 0. The van der Waals surface area contributed by atoms with Crippen LogP contribution in [0.3, 0.4) is 0 Å². The Morgan fingerprint density at radius 2 is 1.73 bits per heavy atom. The first-order valence-corrected chi connectivity index (χ1v) is 4.01. The zero-order chi connectivity index (χ0) is 8.28. The molecule has 0 aliphatic heterocycles. The molecule has 0 saturated heterocycles. The number of rotatable bonds is 0. The van der Waals surface area contributed by atoms with Crippen molar-refractivity contribution in [2.45, 2.75) is 32.4 Å². The fourth-order valence-electron chi connectivity index (χ4n) is 2.64. The molecule has 3 aliphatic rings. The third-order valence-corrected chi connectivity index (χ3v) is 3.42. The quantitative estimate of drug-likeness (QED) is 0.516. The second-order valence-corrected chi connectivity index (χ2v) is 4.13. The first-order chi connectivity index (χ1) is 4.95. The van der Waals surface area contributed by atoms with Crippen molar-refractivity contribution in [2.24, 2.45) is 17.3 Å². The van der Waals surface area contributed by atoms with Crippen LogP contribution in [0.1, 0.15) is 26.2 Å². The van der Waals surface area contributed by atoms with Gasteiger partial charge in [0.1, 0.15) is 0 Å². The van der Waals surface area contributed by atoms with Gasteiger partial charge in [-0.05, 0) is 31.1 Å². The maximum atomic E-state index is 12.4. The van der Waals surface area contributed by atoms with E-state index >= 15 is 0 Å². The summed E-state index contributed by atoms with van der Waals surface area (Å²) in [4.78, 5) is 0. The zero-order valence-corrected chi connectivity index (χ0v) is 6.41. The molecule has 0 N–H and O–H groups in total. The van der Waals surface area contributed by atoms with Crippen LogP contribution < -0.4 is 0 Å². The van der Waals surface area contributed by atoms with Crippen molar-refractivity contribution in [3.8, 4) is 0 Å². The van der Waals surface area contributed by atoms with Gasteiger partial charge in [-0.3, -0.25) is 0 Å². The van der Waals surface area contributed by atoms with Crippen molar-refractivity contribution >= 4 is 0 Å². The minimum atomic E-state index is -3.94. The Morgan fingerprint density at radius 1 is 1.18 bits per heavy atom. The second kappa shape index (κ2) is 1.75. The predicted octanol–water partition coefficient (Wildman–Crippen LogP) is 2.98. The Morgan fingerprint density at radius 3 is 1.91 bits per heavy atom. The van der Waals surface area contributed by atoms with E-state index in [2.05, 4.69) is 0 Å². The van der Waals surface area contributed by atoms with Gasteiger partial charge in [0.2, 0.25) is 0 Å². The topological polar surface area (TPSA) is 0 Å². The highest BCUT2D eigenvalue weighted by molar-refractivity contribution is 5.07. The standard InChI is InChI=1S/C8H11F3/c1-5-2-7(8(9,10)11)3-6(5)4-7/h5-6H,2-4H2,1H3. The lowest BCUT2D eigenvalue weighted by Crippen LogP contribution is -2.42. The van der Waals surface area contributed by atoms with Crippen LogP contribution in [0.5, 0.6) is 0 Å². The summed E-state index contributed by atoms with van der Waals surface area (Å²) in [5.41, 5.74) is -1.25. The van der Waals surface area contributed by atoms with Crippen LogP contribution in [0.15, 0.2) is 0 Å². The summed E-state index contributed by atoms with van der Waals surface area (Å²) in [5.74, 6) is 0.674. The summed E-state index contributed by atoms with van der Waals surface area (Å²) >= 11 is 0. The van der Waals surface area contributed by atoms with E-state index < -0.39 is 11.6 Å². The highest BCUT2D eigenvalue weighted by Gasteiger charge is 2.67. The van der Waals surface area contributed by atoms with Gasteiger partial charge in [0.05, 0.1) is 5.41 Å². The molecule has 0 radical (unpaired) electrons. The molecule has 0 nitrogen and oxygen atoms in total. The summed E-state index contributed by atoms with van der Waals surface area (Å²) in [6.45, 7) is 1.94. The van der Waals surface area contributed by atoms with Gasteiger partial charge in [0.15, 0.2) is 0 Å². The molecule has 0 amide bonds. The highest BCUT2D eigenvalue weighted by Crippen LogP contribution is 2.67. The van der Waals surface area contributed by atoms with Crippen LogP contribution in [-0.2, 0) is 0 Å². The van der Waals surface area contributed by atoms with E-state index in [9.17, 15) is 13.2 Å². The van der Waals surface area contributed by atoms with Gasteiger partial charge in [-0.1, -0.05) is 6.92 Å². The molecule has 11 heavy (non-hydrogen) atoms. The van der Waals surface area contributed by atoms with Crippen molar-refractivity contribution in [1.82, 2.24) is 0 Å². The molecular formula is C8H11F3. The molecule has 0 spiro atoms. The third-order valence-electron chi connectivity index (χ3n) is 3.42. The summed E-state index contributed by atoms with van der Waals surface area (Å²) in [5, 5.41) is 0. The van der Waals surface area contributed by atoms with Crippen LogP contribution in [0.2, 0.25) is 0 Å². The van der Waals surface area contributed by atoms with Crippen molar-refractivity contribution in [3.63, 3.8) is 0 Å². The number of hydrogen-bond acceptors (Lipinski definition) is 0. The van der Waals surface area contributed by atoms with Gasteiger partial charge in [-0.2, -0.15) is 13.2 Å².